The van der Waals surface area contributed by atoms with Crippen molar-refractivity contribution in [1.29, 1.82) is 0 Å². The fourth-order valence-corrected chi connectivity index (χ4v) is 2.26. The molecule has 1 aliphatic rings. The van der Waals surface area contributed by atoms with Crippen LogP contribution in [-0.4, -0.2) is 6.04 Å². The second kappa shape index (κ2) is 8.90. The minimum atomic E-state index is 0. The Hall–Kier alpha value is -1.16. The van der Waals surface area contributed by atoms with Crippen molar-refractivity contribution in [2.75, 3.05) is 5.73 Å². The Morgan fingerprint density at radius 1 is 0.950 bits per heavy atom. The van der Waals surface area contributed by atoms with Crippen molar-refractivity contribution < 1.29 is 0 Å². The molecule has 0 atom stereocenters. The van der Waals surface area contributed by atoms with Crippen LogP contribution in [0.1, 0.15) is 18.4 Å². The lowest BCUT2D eigenvalue weighted by molar-refractivity contribution is 1.07. The van der Waals surface area contributed by atoms with Gasteiger partial charge in [0.25, 0.3) is 0 Å². The summed E-state index contributed by atoms with van der Waals surface area (Å²) >= 11 is 1.83. The summed E-state index contributed by atoms with van der Waals surface area (Å²) in [4.78, 5) is 1.26. The van der Waals surface area contributed by atoms with Crippen molar-refractivity contribution in [1.82, 2.24) is 0 Å². The van der Waals surface area contributed by atoms with Crippen LogP contribution in [-0.2, 0) is 5.75 Å². The molecule has 0 bridgehead atoms. The Labute approximate surface area is 131 Å². The average molecular weight is 309 g/mol. The maximum Gasteiger partial charge on any atom is 0.0314 e. The zero-order valence-corrected chi connectivity index (χ0v) is 13.0. The van der Waals surface area contributed by atoms with Gasteiger partial charge in [-0.15, -0.1) is 24.2 Å². The normalized spacial score (nSPS) is 12.8. The standard InChI is InChI=1S/C13H13NS.C3H7N.ClH/c14-12-6-8-13(9-7-12)15-10-11-4-2-1-3-5-11;4-3-1-2-3;/h1-9H,10,14H2;3H,1-2,4H2;1H. The van der Waals surface area contributed by atoms with E-state index in [1.165, 1.54) is 23.3 Å². The first-order valence-electron chi connectivity index (χ1n) is 6.52. The summed E-state index contributed by atoms with van der Waals surface area (Å²) in [6.07, 6.45) is 2.53. The molecule has 1 aliphatic carbocycles. The van der Waals surface area contributed by atoms with E-state index in [1.807, 2.05) is 30.0 Å². The van der Waals surface area contributed by atoms with Gasteiger partial charge in [0.05, 0.1) is 0 Å². The predicted molar refractivity (Wildman–Crippen MR) is 91.3 cm³/mol. The van der Waals surface area contributed by atoms with Gasteiger partial charge < -0.3 is 11.5 Å². The van der Waals surface area contributed by atoms with E-state index in [2.05, 4.69) is 36.4 Å². The van der Waals surface area contributed by atoms with Crippen molar-refractivity contribution in [3.63, 3.8) is 0 Å². The third-order valence-electron chi connectivity index (χ3n) is 2.75. The second-order valence-corrected chi connectivity index (χ2v) is 5.73. The van der Waals surface area contributed by atoms with Gasteiger partial charge in [-0.2, -0.15) is 0 Å². The van der Waals surface area contributed by atoms with Crippen LogP contribution in [0, 0.1) is 0 Å². The molecule has 0 aromatic heterocycles. The monoisotopic (exact) mass is 308 g/mol. The molecule has 108 valence electrons. The molecule has 4 heteroatoms. The first kappa shape index (κ1) is 16.9. The Bertz CT molecular complexity index is 484. The molecule has 1 fully saturated rings. The zero-order valence-electron chi connectivity index (χ0n) is 11.4. The summed E-state index contributed by atoms with van der Waals surface area (Å²) in [6, 6.07) is 19.0. The summed E-state index contributed by atoms with van der Waals surface area (Å²) in [7, 11) is 0. The number of thioether (sulfide) groups is 1. The summed E-state index contributed by atoms with van der Waals surface area (Å²) in [5.74, 6) is 1.00. The van der Waals surface area contributed by atoms with Crippen LogP contribution in [0.5, 0.6) is 0 Å². The van der Waals surface area contributed by atoms with Crippen molar-refractivity contribution in [2.45, 2.75) is 29.5 Å². The van der Waals surface area contributed by atoms with Crippen molar-refractivity contribution in [3.05, 3.63) is 60.2 Å². The number of hydrogen-bond donors (Lipinski definition) is 2. The van der Waals surface area contributed by atoms with Crippen LogP contribution in [0.4, 0.5) is 5.69 Å². The van der Waals surface area contributed by atoms with Gasteiger partial charge in [-0.1, -0.05) is 30.3 Å². The number of benzene rings is 2. The fourth-order valence-electron chi connectivity index (χ4n) is 1.40. The molecular weight excluding hydrogens is 288 g/mol. The first-order chi connectivity index (χ1) is 9.24. The highest BCUT2D eigenvalue weighted by Crippen LogP contribution is 2.23. The van der Waals surface area contributed by atoms with Gasteiger partial charge in [-0.05, 0) is 42.7 Å². The Morgan fingerprint density at radius 3 is 2.00 bits per heavy atom. The quantitative estimate of drug-likeness (QED) is 0.663. The third kappa shape index (κ3) is 6.85. The maximum absolute atomic E-state index is 5.62. The summed E-state index contributed by atoms with van der Waals surface area (Å²) in [6.45, 7) is 0. The molecule has 2 nitrogen and oxygen atoms in total. The lowest BCUT2D eigenvalue weighted by Crippen LogP contribution is -1.94. The van der Waals surface area contributed by atoms with Gasteiger partial charge in [-0.25, -0.2) is 0 Å². The van der Waals surface area contributed by atoms with Gasteiger partial charge in [0, 0.05) is 22.4 Å². The molecule has 0 radical (unpaired) electrons. The minimum Gasteiger partial charge on any atom is -0.399 e. The van der Waals surface area contributed by atoms with Crippen molar-refractivity contribution in [3.8, 4) is 0 Å². The van der Waals surface area contributed by atoms with E-state index in [9.17, 15) is 0 Å². The van der Waals surface area contributed by atoms with Crippen molar-refractivity contribution in [2.24, 2.45) is 5.73 Å². The highest BCUT2D eigenvalue weighted by molar-refractivity contribution is 7.98. The smallest absolute Gasteiger partial charge is 0.0314 e. The number of nitrogens with two attached hydrogens (primary N) is 2. The van der Waals surface area contributed by atoms with Crippen LogP contribution in [0.25, 0.3) is 0 Å². The topological polar surface area (TPSA) is 52.0 Å². The molecule has 2 aromatic carbocycles. The Balaban J connectivity index is 0.000000345. The highest BCUT2D eigenvalue weighted by atomic mass is 35.5. The molecule has 0 amide bonds. The lowest BCUT2D eigenvalue weighted by atomic mass is 10.2. The predicted octanol–water partition coefficient (Wildman–Crippen LogP) is 4.09. The minimum absolute atomic E-state index is 0. The van der Waals surface area contributed by atoms with Gasteiger partial charge in [-0.3, -0.25) is 0 Å². The van der Waals surface area contributed by atoms with E-state index in [0.717, 1.165) is 11.4 Å². The van der Waals surface area contributed by atoms with Crippen molar-refractivity contribution >= 4 is 29.9 Å². The highest BCUT2D eigenvalue weighted by Gasteiger charge is 2.13. The number of hydrogen-bond acceptors (Lipinski definition) is 3. The number of anilines is 1. The van der Waals surface area contributed by atoms with E-state index in [0.29, 0.717) is 6.04 Å². The van der Waals surface area contributed by atoms with Crippen LogP contribution in [0.15, 0.2) is 59.5 Å². The summed E-state index contributed by atoms with van der Waals surface area (Å²) in [5.41, 5.74) is 13.0. The van der Waals surface area contributed by atoms with Gasteiger partial charge in [0.15, 0.2) is 0 Å². The first-order valence-corrected chi connectivity index (χ1v) is 7.50. The second-order valence-electron chi connectivity index (χ2n) is 4.68. The van der Waals surface area contributed by atoms with Gasteiger partial charge in [0.2, 0.25) is 0 Å². The maximum atomic E-state index is 5.62. The molecule has 20 heavy (non-hydrogen) atoms. The van der Waals surface area contributed by atoms with Crippen LogP contribution in [0.3, 0.4) is 0 Å². The van der Waals surface area contributed by atoms with Crippen LogP contribution < -0.4 is 11.5 Å². The molecule has 2 aromatic rings. The molecule has 0 unspecified atom stereocenters. The Morgan fingerprint density at radius 2 is 1.50 bits per heavy atom. The third-order valence-corrected chi connectivity index (χ3v) is 3.83. The summed E-state index contributed by atoms with van der Waals surface area (Å²) < 4.78 is 0. The SMILES string of the molecule is Cl.NC1CC1.Nc1ccc(SCc2ccccc2)cc1. The van der Waals surface area contributed by atoms with Crippen LogP contribution in [0.2, 0.25) is 0 Å². The molecule has 4 N–H and O–H groups in total. The summed E-state index contributed by atoms with van der Waals surface area (Å²) in [5, 5.41) is 0. The van der Waals surface area contributed by atoms with Gasteiger partial charge in [0.1, 0.15) is 0 Å². The number of rotatable bonds is 3. The van der Waals surface area contributed by atoms with Gasteiger partial charge >= 0.3 is 0 Å². The molecule has 0 saturated heterocycles. The van der Waals surface area contributed by atoms with E-state index in [4.69, 9.17) is 11.5 Å². The lowest BCUT2D eigenvalue weighted by Gasteiger charge is -2.02. The van der Waals surface area contributed by atoms with Crippen LogP contribution >= 0.6 is 24.2 Å². The number of halogens is 1. The zero-order chi connectivity index (χ0) is 13.5. The number of nitrogen functional groups attached to an aromatic ring is 1. The molecule has 0 aliphatic heterocycles. The largest absolute Gasteiger partial charge is 0.399 e. The molecule has 0 spiro atoms. The molecule has 0 heterocycles. The Kier molecular flexibility index (Phi) is 7.52. The molecular formula is C16H21ClN2S. The molecule has 3 rings (SSSR count). The van der Waals surface area contributed by atoms with E-state index in [-0.39, 0.29) is 12.4 Å². The fraction of sp³-hybridized carbons (Fsp3) is 0.250. The molecule has 1 saturated carbocycles. The van der Waals surface area contributed by atoms with E-state index < -0.39 is 0 Å². The van der Waals surface area contributed by atoms with E-state index >= 15 is 0 Å². The van der Waals surface area contributed by atoms with E-state index in [1.54, 1.807) is 0 Å². The average Bonchev–Trinajstić information content (AvgIpc) is 3.23.